The smallest absolute Gasteiger partial charge is 0.409 e. The molecular weight excluding hydrogens is 754 g/mol. The Kier molecular flexibility index (Phi) is 14.1. The first-order valence-corrected chi connectivity index (χ1v) is 19.0. The normalized spacial score (nSPS) is 31.7. The molecule has 5 rings (SSSR count). The number of aliphatic hydroxyl groups is 1. The molecule has 2 saturated heterocycles. The number of thiol groups is 1. The first-order chi connectivity index (χ1) is 25.6. The minimum absolute atomic E-state index is 0.104. The van der Waals surface area contributed by atoms with Crippen molar-refractivity contribution < 1.29 is 52.7 Å². The molecule has 3 amide bonds. The predicted molar refractivity (Wildman–Crippen MR) is 210 cm³/mol. The molecule has 0 spiro atoms. The molecule has 2 N–H and O–H groups in total. The van der Waals surface area contributed by atoms with Gasteiger partial charge < -0.3 is 43.3 Å². The summed E-state index contributed by atoms with van der Waals surface area (Å²) in [5.41, 5.74) is -2.19. The molecule has 16 heteroatoms. The van der Waals surface area contributed by atoms with Crippen LogP contribution in [0.15, 0.2) is 35.9 Å². The van der Waals surface area contributed by atoms with E-state index in [4.69, 9.17) is 40.0 Å². The maximum Gasteiger partial charge on any atom is 0.409 e. The van der Waals surface area contributed by atoms with Crippen molar-refractivity contribution in [2.75, 3.05) is 46.9 Å². The number of fused-ring (bicyclic) bond motifs is 6. The molecule has 0 radical (unpaired) electrons. The highest BCUT2D eigenvalue weighted by atomic mass is 35.5. The number of esters is 1. The van der Waals surface area contributed by atoms with Crippen LogP contribution >= 0.6 is 24.2 Å². The summed E-state index contributed by atoms with van der Waals surface area (Å²) in [4.78, 5) is 56.8. The van der Waals surface area contributed by atoms with Gasteiger partial charge in [0.1, 0.15) is 46.3 Å². The Morgan fingerprint density at radius 3 is 2.51 bits per heavy atom. The standard InChI is InChI=1S/C39H56ClN3O11S/c1-23-12-11-13-28(51-10)39(48)20-30(53-35(47)41-39)38(5)21-37(4,54-38)29(19-32(45)43(7)26-17-25(16-23)18-27(50-9)33(26)40)52-34(46)24(2)42(6)31(44)14-15-36(3,55)22-49-8/h11-13,17-18,24,28-30,48,55H,14-16,19-22H2,1-10H3,(H,41,47)/b13-11+,23-12+/t24-,28+,29-,30-,36?,37+,38+,39-/m0/s1. The van der Waals surface area contributed by atoms with Crippen molar-refractivity contribution in [3.8, 4) is 5.75 Å². The average molecular weight is 810 g/mol. The largest absolute Gasteiger partial charge is 0.495 e. The Morgan fingerprint density at radius 1 is 1.22 bits per heavy atom. The molecule has 14 nitrogen and oxygen atoms in total. The number of ether oxygens (including phenoxy) is 6. The fourth-order valence-electron chi connectivity index (χ4n) is 7.45. The number of hydrogen-bond donors (Lipinski definition) is 3. The summed E-state index contributed by atoms with van der Waals surface area (Å²) in [7, 11) is 7.55. The first kappa shape index (κ1) is 44.4. The van der Waals surface area contributed by atoms with Gasteiger partial charge in [-0.05, 0) is 65.2 Å². The van der Waals surface area contributed by atoms with Gasteiger partial charge in [0, 0.05) is 52.3 Å². The second kappa shape index (κ2) is 17.4. The Balaban J connectivity index is 1.72. The highest BCUT2D eigenvalue weighted by Gasteiger charge is 2.63. The van der Waals surface area contributed by atoms with E-state index in [1.54, 1.807) is 59.2 Å². The molecule has 1 aromatic carbocycles. The van der Waals surface area contributed by atoms with Gasteiger partial charge in [-0.1, -0.05) is 35.4 Å². The maximum absolute atomic E-state index is 14.2. The van der Waals surface area contributed by atoms with Crippen LogP contribution in [0.5, 0.6) is 5.75 Å². The lowest BCUT2D eigenvalue weighted by Gasteiger charge is -2.59. The Bertz CT molecular complexity index is 1680. The summed E-state index contributed by atoms with van der Waals surface area (Å²) in [6.45, 7) is 9.09. The molecule has 8 atom stereocenters. The molecule has 1 unspecified atom stereocenters. The number of carbonyl (C=O) groups excluding carboxylic acids is 4. The van der Waals surface area contributed by atoms with E-state index in [1.165, 1.54) is 31.1 Å². The lowest BCUT2D eigenvalue weighted by Crippen LogP contribution is -2.72. The van der Waals surface area contributed by atoms with Gasteiger partial charge in [-0.3, -0.25) is 14.9 Å². The number of nitrogens with one attached hydrogen (secondary N) is 1. The SMILES string of the molecule is COCC(C)(S)CCC(=O)N(C)[C@@H](C)C(=O)O[C@H]1CC(=O)N(C)c2cc(cc(OC)c2Cl)C/C(C)=C/C=C/[C@@H](OC)[C@@]2(O)C[C@H](OC(=O)N2)[C@@]2(C)C[C@@]1(C)O2. The summed E-state index contributed by atoms with van der Waals surface area (Å²) in [6, 6.07) is 2.56. The zero-order valence-corrected chi connectivity index (χ0v) is 35.0. The van der Waals surface area contributed by atoms with E-state index in [0.29, 0.717) is 30.9 Å². The second-order valence-electron chi connectivity index (χ2n) is 15.6. The first-order valence-electron chi connectivity index (χ1n) is 18.2. The van der Waals surface area contributed by atoms with Gasteiger partial charge in [0.05, 0.1) is 25.8 Å². The fourth-order valence-corrected chi connectivity index (χ4v) is 8.00. The van der Waals surface area contributed by atoms with Crippen molar-refractivity contribution in [1.29, 1.82) is 0 Å². The molecule has 4 heterocycles. The number of hydrogen-bond acceptors (Lipinski definition) is 12. The number of alkyl carbamates (subject to hydrolysis) is 1. The van der Waals surface area contributed by atoms with Gasteiger partial charge in [0.25, 0.3) is 0 Å². The number of rotatable bonds is 10. The number of methoxy groups -OCH3 is 3. The van der Waals surface area contributed by atoms with E-state index in [9.17, 15) is 24.3 Å². The third-order valence-corrected chi connectivity index (χ3v) is 11.5. The van der Waals surface area contributed by atoms with Crippen LogP contribution in [0.25, 0.3) is 0 Å². The van der Waals surface area contributed by atoms with Crippen LogP contribution in [-0.2, 0) is 44.5 Å². The Labute approximate surface area is 334 Å². The van der Waals surface area contributed by atoms with E-state index in [2.05, 4.69) is 17.9 Å². The number of carbonyl (C=O) groups is 4. The molecule has 0 saturated carbocycles. The van der Waals surface area contributed by atoms with E-state index in [-0.39, 0.29) is 36.6 Å². The van der Waals surface area contributed by atoms with Crippen molar-refractivity contribution in [3.05, 3.63) is 46.5 Å². The Morgan fingerprint density at radius 2 is 1.89 bits per heavy atom. The minimum Gasteiger partial charge on any atom is -0.495 e. The molecule has 6 bridgehead atoms. The number of anilines is 1. The van der Waals surface area contributed by atoms with Gasteiger partial charge in [-0.25, -0.2) is 9.59 Å². The highest BCUT2D eigenvalue weighted by molar-refractivity contribution is 7.81. The predicted octanol–water partition coefficient (Wildman–Crippen LogP) is 4.77. The van der Waals surface area contributed by atoms with Crippen LogP contribution in [0.4, 0.5) is 10.5 Å². The zero-order valence-electron chi connectivity index (χ0n) is 33.4. The molecule has 0 aromatic heterocycles. The molecular formula is C39H56ClN3O11S. The zero-order chi connectivity index (χ0) is 41.1. The number of likely N-dealkylation sites (N-methyl/N-ethyl adjacent to an activating group) is 1. The molecule has 1 aromatic rings. The maximum atomic E-state index is 14.2. The average Bonchev–Trinajstić information content (AvgIpc) is 3.10. The molecule has 0 aliphatic carbocycles. The summed E-state index contributed by atoms with van der Waals surface area (Å²) in [5.74, 6) is -1.13. The summed E-state index contributed by atoms with van der Waals surface area (Å²) >= 11 is 11.4. The van der Waals surface area contributed by atoms with Crippen LogP contribution in [0.3, 0.4) is 0 Å². The van der Waals surface area contributed by atoms with E-state index in [1.807, 2.05) is 19.9 Å². The fraction of sp³-hybridized carbons (Fsp3) is 0.641. The third kappa shape index (κ3) is 10.2. The topological polar surface area (TPSA) is 162 Å². The van der Waals surface area contributed by atoms with Crippen molar-refractivity contribution >= 4 is 53.8 Å². The van der Waals surface area contributed by atoms with E-state index in [0.717, 1.165) is 11.1 Å². The van der Waals surface area contributed by atoms with Crippen LogP contribution in [-0.4, -0.2) is 122 Å². The molecule has 306 valence electrons. The molecule has 4 aliphatic heterocycles. The number of nitrogens with zero attached hydrogens (tertiary/aromatic N) is 2. The third-order valence-electron chi connectivity index (χ3n) is 10.8. The van der Waals surface area contributed by atoms with E-state index < -0.39 is 64.0 Å². The van der Waals surface area contributed by atoms with Gasteiger partial charge in [-0.15, -0.1) is 0 Å². The van der Waals surface area contributed by atoms with Crippen LogP contribution in [0.1, 0.15) is 72.3 Å². The van der Waals surface area contributed by atoms with Gasteiger partial charge in [-0.2, -0.15) is 12.6 Å². The van der Waals surface area contributed by atoms with E-state index >= 15 is 0 Å². The van der Waals surface area contributed by atoms with Gasteiger partial charge >= 0.3 is 12.1 Å². The quantitative estimate of drug-likeness (QED) is 0.221. The number of halogens is 1. The second-order valence-corrected chi connectivity index (χ2v) is 17.1. The van der Waals surface area contributed by atoms with Crippen LogP contribution in [0.2, 0.25) is 5.02 Å². The lowest BCUT2D eigenvalue weighted by atomic mass is 9.72. The van der Waals surface area contributed by atoms with Crippen molar-refractivity contribution in [1.82, 2.24) is 10.2 Å². The summed E-state index contributed by atoms with van der Waals surface area (Å²) in [5, 5.41) is 14.5. The van der Waals surface area contributed by atoms with Crippen molar-refractivity contribution in [3.63, 3.8) is 0 Å². The van der Waals surface area contributed by atoms with Crippen molar-refractivity contribution in [2.45, 2.75) is 119 Å². The molecule has 4 aliphatic rings. The van der Waals surface area contributed by atoms with Crippen LogP contribution in [0, 0.1) is 0 Å². The molecule has 55 heavy (non-hydrogen) atoms. The van der Waals surface area contributed by atoms with Gasteiger partial charge in [0.2, 0.25) is 11.8 Å². The number of allylic oxidation sites excluding steroid dienone is 3. The Hall–Kier alpha value is -3.34. The number of benzene rings is 1. The monoisotopic (exact) mass is 809 g/mol. The van der Waals surface area contributed by atoms with Gasteiger partial charge in [0.15, 0.2) is 5.72 Å². The highest BCUT2D eigenvalue weighted by Crippen LogP contribution is 2.50. The van der Waals surface area contributed by atoms with Crippen LogP contribution < -0.4 is 15.0 Å². The molecule has 2 fully saturated rings. The minimum atomic E-state index is -1.86. The summed E-state index contributed by atoms with van der Waals surface area (Å²) < 4.78 is 34.2. The summed E-state index contributed by atoms with van der Waals surface area (Å²) in [6.07, 6.45) is 1.98. The van der Waals surface area contributed by atoms with Crippen molar-refractivity contribution in [2.24, 2.45) is 0 Å². The lowest BCUT2D eigenvalue weighted by molar-refractivity contribution is -0.328. The number of amides is 3.